The summed E-state index contributed by atoms with van der Waals surface area (Å²) in [6.45, 7) is 1.03. The van der Waals surface area contributed by atoms with Gasteiger partial charge >= 0.3 is 0 Å². The Morgan fingerprint density at radius 1 is 1.27 bits per heavy atom. The van der Waals surface area contributed by atoms with Crippen LogP contribution in [0.4, 0.5) is 14.7 Å². The van der Waals surface area contributed by atoms with Crippen molar-refractivity contribution in [1.29, 1.82) is 0 Å². The van der Waals surface area contributed by atoms with Crippen LogP contribution in [-0.4, -0.2) is 39.9 Å². The number of nitrogens with one attached hydrogen (secondary N) is 1. The van der Waals surface area contributed by atoms with E-state index < -0.39 is 11.6 Å². The molecule has 1 aliphatic heterocycles. The van der Waals surface area contributed by atoms with Gasteiger partial charge in [-0.05, 0) is 17.7 Å². The van der Waals surface area contributed by atoms with Gasteiger partial charge in [0.25, 0.3) is 0 Å². The van der Waals surface area contributed by atoms with Crippen molar-refractivity contribution in [3.8, 4) is 0 Å². The lowest BCUT2D eigenvalue weighted by molar-refractivity contribution is -0.134. The number of benzene rings is 1. The van der Waals surface area contributed by atoms with E-state index in [1.807, 2.05) is 0 Å². The number of hydrogen-bond acceptors (Lipinski definition) is 4. The number of likely N-dealkylation sites (tertiary alicyclic amines) is 1. The maximum atomic E-state index is 13.5. The minimum absolute atomic E-state index is 0.0688. The Labute approximate surface area is 126 Å². The quantitative estimate of drug-likeness (QED) is 0.932. The van der Waals surface area contributed by atoms with Gasteiger partial charge in [-0.25, -0.2) is 18.7 Å². The number of carbonyl (C=O) groups excluding carboxylic acids is 1. The Bertz CT molecular complexity index is 674. The van der Waals surface area contributed by atoms with E-state index in [1.54, 1.807) is 23.4 Å². The molecule has 7 heteroatoms. The summed E-state index contributed by atoms with van der Waals surface area (Å²) in [6.07, 6.45) is 3.20. The summed E-state index contributed by atoms with van der Waals surface area (Å²) < 4.78 is 26.3. The minimum atomic E-state index is -0.693. The molecule has 1 N–H and O–H groups in total. The maximum Gasteiger partial charge on any atom is 0.227 e. The van der Waals surface area contributed by atoms with Crippen LogP contribution in [0.15, 0.2) is 36.7 Å². The molecule has 114 valence electrons. The molecule has 1 amide bonds. The molecule has 1 aromatic carbocycles. The van der Waals surface area contributed by atoms with Gasteiger partial charge in [-0.1, -0.05) is 6.07 Å². The van der Waals surface area contributed by atoms with Gasteiger partial charge < -0.3 is 10.2 Å². The second kappa shape index (κ2) is 6.05. The molecule has 0 unspecified atom stereocenters. The predicted molar refractivity (Wildman–Crippen MR) is 76.1 cm³/mol. The SMILES string of the molecule is O=C(Cc1ccc(F)cc1F)N1CC(Nc2ncccn2)C1. The Morgan fingerprint density at radius 2 is 2.00 bits per heavy atom. The summed E-state index contributed by atoms with van der Waals surface area (Å²) >= 11 is 0. The first-order chi connectivity index (χ1) is 10.6. The highest BCUT2D eigenvalue weighted by Crippen LogP contribution is 2.16. The lowest BCUT2D eigenvalue weighted by Crippen LogP contribution is -2.57. The molecule has 0 spiro atoms. The first kappa shape index (κ1) is 14.4. The zero-order valence-electron chi connectivity index (χ0n) is 11.7. The first-order valence-corrected chi connectivity index (χ1v) is 6.87. The molecule has 2 heterocycles. The first-order valence-electron chi connectivity index (χ1n) is 6.87. The number of anilines is 1. The minimum Gasteiger partial charge on any atom is -0.348 e. The van der Waals surface area contributed by atoms with Gasteiger partial charge in [0, 0.05) is 31.5 Å². The Morgan fingerprint density at radius 3 is 2.68 bits per heavy atom. The standard InChI is InChI=1S/C15H14F2N4O/c16-11-3-2-10(13(17)7-11)6-14(22)21-8-12(9-21)20-15-18-4-1-5-19-15/h1-5,7,12H,6,8-9H2,(H,18,19,20). The zero-order valence-corrected chi connectivity index (χ0v) is 11.7. The van der Waals surface area contributed by atoms with Crippen molar-refractivity contribution in [2.24, 2.45) is 0 Å². The maximum absolute atomic E-state index is 13.5. The highest BCUT2D eigenvalue weighted by atomic mass is 19.1. The topological polar surface area (TPSA) is 58.1 Å². The summed E-state index contributed by atoms with van der Waals surface area (Å²) in [5.41, 5.74) is 0.203. The van der Waals surface area contributed by atoms with Crippen molar-refractivity contribution in [3.63, 3.8) is 0 Å². The van der Waals surface area contributed by atoms with Crippen LogP contribution in [0.5, 0.6) is 0 Å². The van der Waals surface area contributed by atoms with E-state index in [9.17, 15) is 13.6 Å². The number of hydrogen-bond donors (Lipinski definition) is 1. The molecule has 1 aromatic heterocycles. The molecular weight excluding hydrogens is 290 g/mol. The van der Waals surface area contributed by atoms with Crippen molar-refractivity contribution in [2.75, 3.05) is 18.4 Å². The summed E-state index contributed by atoms with van der Waals surface area (Å²) in [4.78, 5) is 21.7. The van der Waals surface area contributed by atoms with Gasteiger partial charge in [0.1, 0.15) is 11.6 Å². The third-order valence-corrected chi connectivity index (χ3v) is 3.49. The lowest BCUT2D eigenvalue weighted by Gasteiger charge is -2.39. The predicted octanol–water partition coefficient (Wildman–Crippen LogP) is 1.62. The zero-order chi connectivity index (χ0) is 15.5. The molecule has 0 aliphatic carbocycles. The van der Waals surface area contributed by atoms with Gasteiger partial charge in [-0.2, -0.15) is 0 Å². The molecule has 0 saturated carbocycles. The van der Waals surface area contributed by atoms with E-state index in [0.717, 1.165) is 12.1 Å². The number of rotatable bonds is 4. The monoisotopic (exact) mass is 304 g/mol. The smallest absolute Gasteiger partial charge is 0.227 e. The fraction of sp³-hybridized carbons (Fsp3) is 0.267. The van der Waals surface area contributed by atoms with E-state index in [2.05, 4.69) is 15.3 Å². The third kappa shape index (κ3) is 3.19. The second-order valence-corrected chi connectivity index (χ2v) is 5.12. The van der Waals surface area contributed by atoms with Crippen molar-refractivity contribution in [3.05, 3.63) is 53.9 Å². The summed E-state index contributed by atoms with van der Waals surface area (Å²) in [7, 11) is 0. The molecule has 1 saturated heterocycles. The van der Waals surface area contributed by atoms with Crippen LogP contribution in [0.1, 0.15) is 5.56 Å². The molecule has 5 nitrogen and oxygen atoms in total. The summed E-state index contributed by atoms with van der Waals surface area (Å²) in [5.74, 6) is -1.01. The van der Waals surface area contributed by atoms with Crippen molar-refractivity contribution in [2.45, 2.75) is 12.5 Å². The Hall–Kier alpha value is -2.57. The normalized spacial score (nSPS) is 14.5. The molecule has 1 aliphatic rings. The van der Waals surface area contributed by atoms with Crippen LogP contribution in [-0.2, 0) is 11.2 Å². The number of aromatic nitrogens is 2. The number of halogens is 2. The molecule has 1 fully saturated rings. The van der Waals surface area contributed by atoms with Crippen molar-refractivity contribution >= 4 is 11.9 Å². The molecule has 3 rings (SSSR count). The van der Waals surface area contributed by atoms with Gasteiger partial charge in [0.05, 0.1) is 12.5 Å². The van der Waals surface area contributed by atoms with Crippen LogP contribution in [0.25, 0.3) is 0 Å². The summed E-state index contributed by atoms with van der Waals surface area (Å²) in [6, 6.07) is 5.05. The highest BCUT2D eigenvalue weighted by Gasteiger charge is 2.31. The number of nitrogens with zero attached hydrogens (tertiary/aromatic N) is 3. The second-order valence-electron chi connectivity index (χ2n) is 5.12. The summed E-state index contributed by atoms with van der Waals surface area (Å²) in [5, 5.41) is 3.11. The molecule has 2 aromatic rings. The van der Waals surface area contributed by atoms with Crippen LogP contribution in [0.3, 0.4) is 0 Å². The van der Waals surface area contributed by atoms with E-state index >= 15 is 0 Å². The molecule has 22 heavy (non-hydrogen) atoms. The van der Waals surface area contributed by atoms with Gasteiger partial charge in [-0.3, -0.25) is 4.79 Å². The van der Waals surface area contributed by atoms with E-state index in [4.69, 9.17) is 0 Å². The van der Waals surface area contributed by atoms with Gasteiger partial charge in [0.2, 0.25) is 11.9 Å². The molecule has 0 atom stereocenters. The van der Waals surface area contributed by atoms with Crippen molar-refractivity contribution < 1.29 is 13.6 Å². The van der Waals surface area contributed by atoms with Gasteiger partial charge in [-0.15, -0.1) is 0 Å². The van der Waals surface area contributed by atoms with E-state index in [-0.39, 0.29) is 23.9 Å². The third-order valence-electron chi connectivity index (χ3n) is 3.49. The number of carbonyl (C=O) groups is 1. The molecular formula is C15H14F2N4O. The average Bonchev–Trinajstić information content (AvgIpc) is 2.46. The molecule has 0 bridgehead atoms. The lowest BCUT2D eigenvalue weighted by atomic mass is 10.1. The Kier molecular flexibility index (Phi) is 3.95. The Balaban J connectivity index is 1.51. The molecule has 0 radical (unpaired) electrons. The van der Waals surface area contributed by atoms with Crippen LogP contribution >= 0.6 is 0 Å². The van der Waals surface area contributed by atoms with Crippen LogP contribution in [0, 0.1) is 11.6 Å². The fourth-order valence-electron chi connectivity index (χ4n) is 2.27. The number of amides is 1. The highest BCUT2D eigenvalue weighted by molar-refractivity contribution is 5.80. The fourth-order valence-corrected chi connectivity index (χ4v) is 2.27. The largest absolute Gasteiger partial charge is 0.348 e. The van der Waals surface area contributed by atoms with Gasteiger partial charge in [0.15, 0.2) is 0 Å². The average molecular weight is 304 g/mol. The van der Waals surface area contributed by atoms with Crippen LogP contribution in [0.2, 0.25) is 0 Å². The van der Waals surface area contributed by atoms with E-state index in [0.29, 0.717) is 19.0 Å². The van der Waals surface area contributed by atoms with Crippen LogP contribution < -0.4 is 5.32 Å². The van der Waals surface area contributed by atoms with Crippen molar-refractivity contribution in [1.82, 2.24) is 14.9 Å². The van der Waals surface area contributed by atoms with E-state index in [1.165, 1.54) is 6.07 Å².